The van der Waals surface area contributed by atoms with Crippen molar-refractivity contribution >= 4 is 17.9 Å². The minimum Gasteiger partial charge on any atom is -0.456 e. The highest BCUT2D eigenvalue weighted by Gasteiger charge is 2.50. The van der Waals surface area contributed by atoms with Crippen molar-refractivity contribution in [3.8, 4) is 0 Å². The lowest BCUT2D eigenvalue weighted by Crippen LogP contribution is -2.57. The normalized spacial score (nSPS) is 26.7. The summed E-state index contributed by atoms with van der Waals surface area (Å²) in [5.74, 6) is -1.13. The molecule has 0 N–H and O–H groups in total. The molecular weight excluding hydrogens is 376 g/mol. The zero-order valence-corrected chi connectivity index (χ0v) is 17.8. The number of benzene rings is 1. The van der Waals surface area contributed by atoms with Gasteiger partial charge in [-0.1, -0.05) is 38.1 Å². The molecule has 1 saturated heterocycles. The number of hydrogen-bond acceptors (Lipinski definition) is 7. The van der Waals surface area contributed by atoms with E-state index >= 15 is 0 Å². The number of rotatable bonds is 6. The molecule has 29 heavy (non-hydrogen) atoms. The third-order valence-corrected chi connectivity index (χ3v) is 4.63. The van der Waals surface area contributed by atoms with Gasteiger partial charge in [0.05, 0.1) is 6.10 Å². The SMILES string of the molecule is CC(=O)OC1C(C)OC(c2ccc(CC(C)C)cc2)C(OC(C)=O)C1OC(C)=O. The van der Waals surface area contributed by atoms with E-state index in [9.17, 15) is 14.4 Å². The van der Waals surface area contributed by atoms with Crippen LogP contribution in [-0.2, 0) is 39.8 Å². The van der Waals surface area contributed by atoms with E-state index in [1.807, 2.05) is 24.3 Å². The van der Waals surface area contributed by atoms with E-state index in [0.29, 0.717) is 5.92 Å². The van der Waals surface area contributed by atoms with Crippen molar-refractivity contribution in [2.75, 3.05) is 0 Å². The fraction of sp³-hybridized carbons (Fsp3) is 0.591. The van der Waals surface area contributed by atoms with Gasteiger partial charge in [-0.15, -0.1) is 0 Å². The molecule has 5 atom stereocenters. The van der Waals surface area contributed by atoms with E-state index in [1.165, 1.54) is 26.3 Å². The Morgan fingerprint density at radius 3 is 1.83 bits per heavy atom. The molecule has 7 nitrogen and oxygen atoms in total. The molecule has 0 spiro atoms. The second-order valence-corrected chi connectivity index (χ2v) is 7.82. The molecule has 160 valence electrons. The summed E-state index contributed by atoms with van der Waals surface area (Å²) in [6.07, 6.45) is -3.12. The van der Waals surface area contributed by atoms with Gasteiger partial charge in [0.1, 0.15) is 6.10 Å². The highest BCUT2D eigenvalue weighted by atomic mass is 16.6. The van der Waals surface area contributed by atoms with Crippen molar-refractivity contribution in [3.05, 3.63) is 35.4 Å². The minimum atomic E-state index is -0.982. The van der Waals surface area contributed by atoms with Crippen LogP contribution in [0.15, 0.2) is 24.3 Å². The van der Waals surface area contributed by atoms with Gasteiger partial charge in [0.2, 0.25) is 0 Å². The van der Waals surface area contributed by atoms with Crippen molar-refractivity contribution in [2.45, 2.75) is 78.5 Å². The molecule has 0 radical (unpaired) electrons. The molecule has 2 rings (SSSR count). The van der Waals surface area contributed by atoms with Gasteiger partial charge >= 0.3 is 17.9 Å². The predicted molar refractivity (Wildman–Crippen MR) is 105 cm³/mol. The Hall–Kier alpha value is -2.41. The fourth-order valence-corrected chi connectivity index (χ4v) is 3.60. The summed E-state index contributed by atoms with van der Waals surface area (Å²) in [4.78, 5) is 35.1. The molecule has 1 aliphatic rings. The lowest BCUT2D eigenvalue weighted by Gasteiger charge is -2.44. The van der Waals surface area contributed by atoms with Gasteiger partial charge < -0.3 is 18.9 Å². The van der Waals surface area contributed by atoms with Crippen LogP contribution < -0.4 is 0 Å². The predicted octanol–water partition coefficient (Wildman–Crippen LogP) is 3.14. The van der Waals surface area contributed by atoms with Gasteiger partial charge in [0, 0.05) is 20.8 Å². The number of hydrogen-bond donors (Lipinski definition) is 0. The van der Waals surface area contributed by atoms with Crippen LogP contribution in [0.25, 0.3) is 0 Å². The van der Waals surface area contributed by atoms with Gasteiger partial charge in [-0.05, 0) is 30.4 Å². The molecule has 1 aliphatic heterocycles. The number of carbonyl (C=O) groups is 3. The molecule has 1 heterocycles. The molecule has 0 bridgehead atoms. The fourth-order valence-electron chi connectivity index (χ4n) is 3.60. The van der Waals surface area contributed by atoms with Gasteiger partial charge in [0.15, 0.2) is 18.3 Å². The van der Waals surface area contributed by atoms with Crippen LogP contribution in [0, 0.1) is 5.92 Å². The highest BCUT2D eigenvalue weighted by molar-refractivity contribution is 5.68. The molecule has 0 aromatic heterocycles. The van der Waals surface area contributed by atoms with E-state index in [4.69, 9.17) is 18.9 Å². The zero-order chi connectivity index (χ0) is 21.7. The second kappa shape index (κ2) is 9.87. The summed E-state index contributed by atoms with van der Waals surface area (Å²) in [7, 11) is 0. The maximum Gasteiger partial charge on any atom is 0.303 e. The summed E-state index contributed by atoms with van der Waals surface area (Å²) in [6.45, 7) is 9.81. The summed E-state index contributed by atoms with van der Waals surface area (Å²) in [5, 5.41) is 0. The molecule has 0 saturated carbocycles. The number of esters is 3. The Balaban J connectivity index is 2.40. The van der Waals surface area contributed by atoms with Crippen molar-refractivity contribution in [1.29, 1.82) is 0 Å². The van der Waals surface area contributed by atoms with E-state index in [0.717, 1.165) is 12.0 Å². The second-order valence-electron chi connectivity index (χ2n) is 7.82. The minimum absolute atomic E-state index is 0.526. The smallest absolute Gasteiger partial charge is 0.303 e. The molecule has 5 unspecified atom stereocenters. The van der Waals surface area contributed by atoms with Gasteiger partial charge in [-0.2, -0.15) is 0 Å². The Bertz CT molecular complexity index is 725. The maximum atomic E-state index is 11.8. The molecule has 1 fully saturated rings. The monoisotopic (exact) mass is 406 g/mol. The van der Waals surface area contributed by atoms with Crippen molar-refractivity contribution in [2.24, 2.45) is 5.92 Å². The van der Waals surface area contributed by atoms with Gasteiger partial charge in [0.25, 0.3) is 0 Å². The van der Waals surface area contributed by atoms with Crippen LogP contribution in [0.1, 0.15) is 58.8 Å². The van der Waals surface area contributed by atoms with E-state index in [1.54, 1.807) is 6.92 Å². The molecule has 0 aliphatic carbocycles. The van der Waals surface area contributed by atoms with Crippen LogP contribution >= 0.6 is 0 Å². The molecule has 1 aromatic carbocycles. The first-order valence-electron chi connectivity index (χ1n) is 9.84. The van der Waals surface area contributed by atoms with Crippen molar-refractivity contribution in [1.82, 2.24) is 0 Å². The molecular formula is C22H30O7. The highest BCUT2D eigenvalue weighted by Crippen LogP contribution is 2.37. The average Bonchev–Trinajstić information content (AvgIpc) is 2.59. The standard InChI is InChI=1S/C22H30O7/c1-12(2)11-17-7-9-18(10-8-17)20-22(29-16(6)25)21(28-15(5)24)19(13(3)26-20)27-14(4)23/h7-10,12-13,19-22H,11H2,1-6H3. The van der Waals surface area contributed by atoms with Crippen LogP contribution in [0.5, 0.6) is 0 Å². The van der Waals surface area contributed by atoms with E-state index in [-0.39, 0.29) is 0 Å². The maximum absolute atomic E-state index is 11.8. The van der Waals surface area contributed by atoms with Gasteiger partial charge in [-0.25, -0.2) is 0 Å². The van der Waals surface area contributed by atoms with Crippen LogP contribution in [0.4, 0.5) is 0 Å². The first kappa shape index (κ1) is 22.9. The lowest BCUT2D eigenvalue weighted by atomic mass is 9.90. The molecule has 1 aromatic rings. The summed E-state index contributed by atoms with van der Waals surface area (Å²) in [5.41, 5.74) is 1.97. The van der Waals surface area contributed by atoms with Crippen LogP contribution in [0.3, 0.4) is 0 Å². The quantitative estimate of drug-likeness (QED) is 0.530. The molecule has 0 amide bonds. The Labute approximate surface area is 171 Å². The first-order chi connectivity index (χ1) is 13.6. The Morgan fingerprint density at radius 2 is 1.34 bits per heavy atom. The largest absolute Gasteiger partial charge is 0.456 e. The summed E-state index contributed by atoms with van der Waals surface area (Å²) >= 11 is 0. The number of ether oxygens (including phenoxy) is 4. The average molecular weight is 406 g/mol. The topological polar surface area (TPSA) is 88.1 Å². The van der Waals surface area contributed by atoms with Crippen LogP contribution in [-0.4, -0.2) is 42.3 Å². The van der Waals surface area contributed by atoms with Crippen molar-refractivity contribution < 1.29 is 33.3 Å². The van der Waals surface area contributed by atoms with Crippen LogP contribution in [0.2, 0.25) is 0 Å². The summed E-state index contributed by atoms with van der Waals surface area (Å²) in [6, 6.07) is 7.85. The summed E-state index contributed by atoms with van der Waals surface area (Å²) < 4.78 is 22.4. The van der Waals surface area contributed by atoms with Crippen molar-refractivity contribution in [3.63, 3.8) is 0 Å². The number of carbonyl (C=O) groups excluding carboxylic acids is 3. The zero-order valence-electron chi connectivity index (χ0n) is 17.8. The van der Waals surface area contributed by atoms with E-state index in [2.05, 4.69) is 13.8 Å². The molecule has 7 heteroatoms. The third-order valence-electron chi connectivity index (χ3n) is 4.63. The first-order valence-corrected chi connectivity index (χ1v) is 9.84. The Morgan fingerprint density at radius 1 is 0.862 bits per heavy atom. The third kappa shape index (κ3) is 6.29. The lowest BCUT2D eigenvalue weighted by molar-refractivity contribution is -0.245. The Kier molecular flexibility index (Phi) is 7.79. The van der Waals surface area contributed by atoms with Gasteiger partial charge in [-0.3, -0.25) is 14.4 Å². The van der Waals surface area contributed by atoms with E-state index < -0.39 is 48.4 Å².